The van der Waals surface area contributed by atoms with Crippen molar-refractivity contribution in [3.05, 3.63) is 0 Å². The lowest BCUT2D eigenvalue weighted by Gasteiger charge is -2.37. The Balaban J connectivity index is 1.75. The SMILES string of the molecule is CCC(C)NC(=O)CCNC(=NC)N1CCOC(C2CCCO2)C1. The van der Waals surface area contributed by atoms with Crippen molar-refractivity contribution in [2.24, 2.45) is 4.99 Å². The fourth-order valence-electron chi connectivity index (χ4n) is 3.06. The first kappa shape index (κ1) is 19.0. The monoisotopic (exact) mass is 340 g/mol. The Hall–Kier alpha value is -1.34. The molecule has 0 saturated carbocycles. The minimum atomic E-state index is 0.0755. The van der Waals surface area contributed by atoms with Gasteiger partial charge >= 0.3 is 0 Å². The maximum absolute atomic E-state index is 11.8. The quantitative estimate of drug-likeness (QED) is 0.551. The first-order valence-corrected chi connectivity index (χ1v) is 9.12. The summed E-state index contributed by atoms with van der Waals surface area (Å²) in [6.45, 7) is 7.77. The second kappa shape index (κ2) is 9.84. The van der Waals surface area contributed by atoms with Gasteiger partial charge in [0.1, 0.15) is 6.10 Å². The number of ether oxygens (including phenoxy) is 2. The molecule has 2 aliphatic heterocycles. The number of nitrogens with one attached hydrogen (secondary N) is 2. The van der Waals surface area contributed by atoms with Crippen molar-refractivity contribution in [1.82, 2.24) is 15.5 Å². The number of carbonyl (C=O) groups is 1. The van der Waals surface area contributed by atoms with Crippen LogP contribution in [0.3, 0.4) is 0 Å². The third-order valence-electron chi connectivity index (χ3n) is 4.64. The molecule has 7 nitrogen and oxygen atoms in total. The second-order valence-corrected chi connectivity index (χ2v) is 6.51. The summed E-state index contributed by atoms with van der Waals surface area (Å²) in [5, 5.41) is 6.27. The molecule has 3 atom stereocenters. The number of morpholine rings is 1. The molecular weight excluding hydrogens is 308 g/mol. The van der Waals surface area contributed by atoms with Crippen molar-refractivity contribution in [2.75, 3.05) is 39.9 Å². The zero-order valence-corrected chi connectivity index (χ0v) is 15.2. The number of hydrogen-bond donors (Lipinski definition) is 2. The lowest BCUT2D eigenvalue weighted by molar-refractivity contribution is -0.121. The number of hydrogen-bond acceptors (Lipinski definition) is 4. The summed E-state index contributed by atoms with van der Waals surface area (Å²) >= 11 is 0. The Kier molecular flexibility index (Phi) is 7.78. The van der Waals surface area contributed by atoms with E-state index in [1.54, 1.807) is 7.05 Å². The van der Waals surface area contributed by atoms with E-state index in [0.29, 0.717) is 19.6 Å². The van der Waals surface area contributed by atoms with Gasteiger partial charge in [-0.2, -0.15) is 0 Å². The normalized spacial score (nSPS) is 26.3. The van der Waals surface area contributed by atoms with Gasteiger partial charge in [-0.3, -0.25) is 9.79 Å². The van der Waals surface area contributed by atoms with E-state index in [4.69, 9.17) is 9.47 Å². The molecule has 2 fully saturated rings. The molecule has 2 heterocycles. The van der Waals surface area contributed by atoms with Gasteiger partial charge in [-0.25, -0.2) is 0 Å². The molecule has 2 N–H and O–H groups in total. The van der Waals surface area contributed by atoms with Gasteiger partial charge in [0.25, 0.3) is 0 Å². The van der Waals surface area contributed by atoms with Crippen molar-refractivity contribution in [2.45, 2.75) is 57.8 Å². The highest BCUT2D eigenvalue weighted by molar-refractivity contribution is 5.81. The molecule has 2 rings (SSSR count). The van der Waals surface area contributed by atoms with Crippen LogP contribution < -0.4 is 10.6 Å². The molecule has 2 aliphatic rings. The molecule has 1 amide bonds. The molecule has 3 unspecified atom stereocenters. The predicted molar refractivity (Wildman–Crippen MR) is 94.2 cm³/mol. The fourth-order valence-corrected chi connectivity index (χ4v) is 3.06. The van der Waals surface area contributed by atoms with Crippen LogP contribution in [-0.2, 0) is 14.3 Å². The average molecular weight is 340 g/mol. The average Bonchev–Trinajstić information content (AvgIpc) is 3.13. The summed E-state index contributed by atoms with van der Waals surface area (Å²) in [4.78, 5) is 18.4. The van der Waals surface area contributed by atoms with Gasteiger partial charge in [-0.05, 0) is 26.2 Å². The summed E-state index contributed by atoms with van der Waals surface area (Å²) in [5.74, 6) is 0.907. The molecule has 0 aromatic heterocycles. The number of nitrogens with zero attached hydrogens (tertiary/aromatic N) is 2. The fraction of sp³-hybridized carbons (Fsp3) is 0.882. The minimum absolute atomic E-state index is 0.0755. The van der Waals surface area contributed by atoms with E-state index in [2.05, 4.69) is 27.4 Å². The summed E-state index contributed by atoms with van der Waals surface area (Å²) in [6, 6.07) is 0.225. The predicted octanol–water partition coefficient (Wildman–Crippen LogP) is 0.746. The van der Waals surface area contributed by atoms with E-state index in [1.807, 2.05) is 6.92 Å². The highest BCUT2D eigenvalue weighted by Crippen LogP contribution is 2.20. The van der Waals surface area contributed by atoms with Crippen LogP contribution in [0.4, 0.5) is 0 Å². The highest BCUT2D eigenvalue weighted by atomic mass is 16.5. The third-order valence-corrected chi connectivity index (χ3v) is 4.64. The van der Waals surface area contributed by atoms with E-state index in [-0.39, 0.29) is 24.2 Å². The van der Waals surface area contributed by atoms with Crippen molar-refractivity contribution in [3.63, 3.8) is 0 Å². The van der Waals surface area contributed by atoms with Crippen molar-refractivity contribution < 1.29 is 14.3 Å². The summed E-state index contributed by atoms with van der Waals surface area (Å²) in [7, 11) is 1.78. The largest absolute Gasteiger partial charge is 0.375 e. The third kappa shape index (κ3) is 5.63. The Morgan fingerprint density at radius 1 is 1.33 bits per heavy atom. The number of aliphatic imine (C=N–C) groups is 1. The van der Waals surface area contributed by atoms with Crippen LogP contribution >= 0.6 is 0 Å². The first-order chi connectivity index (χ1) is 11.6. The van der Waals surface area contributed by atoms with Gasteiger partial charge in [0.2, 0.25) is 5.91 Å². The maximum atomic E-state index is 11.8. The van der Waals surface area contributed by atoms with Crippen molar-refractivity contribution >= 4 is 11.9 Å². The lowest BCUT2D eigenvalue weighted by Crippen LogP contribution is -2.53. The summed E-state index contributed by atoms with van der Waals surface area (Å²) in [5.41, 5.74) is 0. The minimum Gasteiger partial charge on any atom is -0.375 e. The Morgan fingerprint density at radius 3 is 2.79 bits per heavy atom. The Bertz CT molecular complexity index is 424. The van der Waals surface area contributed by atoms with Crippen LogP contribution in [0.5, 0.6) is 0 Å². The molecule has 0 radical (unpaired) electrons. The van der Waals surface area contributed by atoms with E-state index >= 15 is 0 Å². The molecular formula is C17H32N4O3. The molecule has 0 bridgehead atoms. The first-order valence-electron chi connectivity index (χ1n) is 9.12. The molecule has 138 valence electrons. The van der Waals surface area contributed by atoms with Crippen LogP contribution in [0, 0.1) is 0 Å². The lowest BCUT2D eigenvalue weighted by atomic mass is 10.1. The van der Waals surface area contributed by atoms with Crippen molar-refractivity contribution in [1.29, 1.82) is 0 Å². The van der Waals surface area contributed by atoms with Crippen LogP contribution in [0.15, 0.2) is 4.99 Å². The number of guanidine groups is 1. The van der Waals surface area contributed by atoms with Gasteiger partial charge < -0.3 is 25.0 Å². The molecule has 2 saturated heterocycles. The smallest absolute Gasteiger partial charge is 0.221 e. The molecule has 7 heteroatoms. The molecule has 24 heavy (non-hydrogen) atoms. The summed E-state index contributed by atoms with van der Waals surface area (Å²) < 4.78 is 11.6. The molecule has 0 aliphatic carbocycles. The highest BCUT2D eigenvalue weighted by Gasteiger charge is 2.32. The van der Waals surface area contributed by atoms with E-state index in [9.17, 15) is 4.79 Å². The molecule has 0 aromatic carbocycles. The van der Waals surface area contributed by atoms with Gasteiger partial charge in [0.15, 0.2) is 5.96 Å². The zero-order chi connectivity index (χ0) is 17.4. The van der Waals surface area contributed by atoms with Crippen LogP contribution in [0.25, 0.3) is 0 Å². The zero-order valence-electron chi connectivity index (χ0n) is 15.2. The topological polar surface area (TPSA) is 75.2 Å². The van der Waals surface area contributed by atoms with E-state index in [0.717, 1.165) is 44.9 Å². The Morgan fingerprint density at radius 2 is 2.12 bits per heavy atom. The maximum Gasteiger partial charge on any atom is 0.221 e. The number of carbonyl (C=O) groups excluding carboxylic acids is 1. The summed E-state index contributed by atoms with van der Waals surface area (Å²) in [6.07, 6.45) is 3.88. The van der Waals surface area contributed by atoms with Crippen LogP contribution in [0.2, 0.25) is 0 Å². The standard InChI is InChI=1S/C17H32N4O3/c1-4-13(2)20-16(22)7-8-19-17(18-3)21-9-11-24-15(12-21)14-6-5-10-23-14/h13-15H,4-12H2,1-3H3,(H,18,19)(H,20,22). The van der Waals surface area contributed by atoms with E-state index in [1.165, 1.54) is 0 Å². The Labute approximate surface area is 145 Å². The van der Waals surface area contributed by atoms with Gasteiger partial charge in [0.05, 0.1) is 12.7 Å². The van der Waals surface area contributed by atoms with Crippen molar-refractivity contribution in [3.8, 4) is 0 Å². The van der Waals surface area contributed by atoms with Crippen LogP contribution in [0.1, 0.15) is 39.5 Å². The molecule has 0 spiro atoms. The second-order valence-electron chi connectivity index (χ2n) is 6.51. The van der Waals surface area contributed by atoms with Gasteiger partial charge in [-0.15, -0.1) is 0 Å². The van der Waals surface area contributed by atoms with Gasteiger partial charge in [-0.1, -0.05) is 6.92 Å². The number of rotatable bonds is 6. The van der Waals surface area contributed by atoms with E-state index < -0.39 is 0 Å². The molecule has 0 aromatic rings. The van der Waals surface area contributed by atoms with Gasteiger partial charge in [0, 0.05) is 45.8 Å². The van der Waals surface area contributed by atoms with Crippen LogP contribution in [-0.4, -0.2) is 74.9 Å². The number of amides is 1.